The summed E-state index contributed by atoms with van der Waals surface area (Å²) in [5, 5.41) is 1.77. The van der Waals surface area contributed by atoms with Gasteiger partial charge in [-0.1, -0.05) is 27.7 Å². The van der Waals surface area contributed by atoms with Crippen LogP contribution in [0.25, 0.3) is 0 Å². The van der Waals surface area contributed by atoms with Gasteiger partial charge in [0.25, 0.3) is 0 Å². The van der Waals surface area contributed by atoms with Gasteiger partial charge in [-0.3, -0.25) is 0 Å². The Morgan fingerprint density at radius 2 is 1.67 bits per heavy atom. The SMILES string of the molecule is CC(C)SC1CCC(C)(C)CC1. The highest BCUT2D eigenvalue weighted by atomic mass is 32.2. The topological polar surface area (TPSA) is 0 Å². The van der Waals surface area contributed by atoms with Crippen LogP contribution in [0.3, 0.4) is 0 Å². The van der Waals surface area contributed by atoms with Crippen molar-refractivity contribution < 1.29 is 0 Å². The Bertz CT molecular complexity index is 128. The molecule has 12 heavy (non-hydrogen) atoms. The monoisotopic (exact) mass is 186 g/mol. The molecule has 0 atom stereocenters. The molecule has 0 spiro atoms. The molecule has 72 valence electrons. The van der Waals surface area contributed by atoms with Gasteiger partial charge in [0.15, 0.2) is 0 Å². The molecule has 1 fully saturated rings. The molecule has 1 rings (SSSR count). The van der Waals surface area contributed by atoms with Crippen LogP contribution in [0.4, 0.5) is 0 Å². The molecule has 0 amide bonds. The van der Waals surface area contributed by atoms with E-state index in [-0.39, 0.29) is 0 Å². The molecule has 0 aromatic heterocycles. The van der Waals surface area contributed by atoms with E-state index in [9.17, 15) is 0 Å². The highest BCUT2D eigenvalue weighted by Gasteiger charge is 2.27. The zero-order chi connectivity index (χ0) is 9.19. The van der Waals surface area contributed by atoms with Crippen LogP contribution >= 0.6 is 11.8 Å². The highest BCUT2D eigenvalue weighted by molar-refractivity contribution is 8.00. The molecule has 1 aliphatic carbocycles. The fourth-order valence-corrected chi connectivity index (χ4v) is 3.17. The number of hydrogen-bond acceptors (Lipinski definition) is 1. The average Bonchev–Trinajstić information content (AvgIpc) is 1.93. The first-order valence-corrected chi connectivity index (χ1v) is 6.09. The quantitative estimate of drug-likeness (QED) is 0.626. The first kappa shape index (κ1) is 10.4. The molecule has 0 aliphatic heterocycles. The van der Waals surface area contributed by atoms with Crippen molar-refractivity contribution in [2.75, 3.05) is 0 Å². The van der Waals surface area contributed by atoms with Gasteiger partial charge in [-0.05, 0) is 36.3 Å². The molecule has 1 aliphatic rings. The standard InChI is InChI=1S/C11H22S/c1-9(2)12-10-5-7-11(3,4)8-6-10/h9-10H,5-8H2,1-4H3. The Balaban J connectivity index is 2.27. The molecule has 1 heteroatoms. The Morgan fingerprint density at radius 3 is 2.08 bits per heavy atom. The first-order valence-electron chi connectivity index (χ1n) is 5.15. The van der Waals surface area contributed by atoms with Crippen molar-refractivity contribution in [1.29, 1.82) is 0 Å². The van der Waals surface area contributed by atoms with E-state index in [2.05, 4.69) is 39.5 Å². The molecule has 0 N–H and O–H groups in total. The average molecular weight is 186 g/mol. The van der Waals surface area contributed by atoms with Crippen LogP contribution in [-0.4, -0.2) is 10.5 Å². The normalized spacial score (nSPS) is 24.8. The van der Waals surface area contributed by atoms with Gasteiger partial charge in [-0.2, -0.15) is 11.8 Å². The third kappa shape index (κ3) is 3.38. The van der Waals surface area contributed by atoms with E-state index in [1.54, 1.807) is 0 Å². The van der Waals surface area contributed by atoms with Crippen LogP contribution in [0.2, 0.25) is 0 Å². The molecule has 0 aromatic rings. The fourth-order valence-electron chi connectivity index (χ4n) is 1.89. The minimum Gasteiger partial charge on any atom is -0.156 e. The summed E-state index contributed by atoms with van der Waals surface area (Å²) in [5.74, 6) is 0. The number of thioether (sulfide) groups is 1. The third-order valence-electron chi connectivity index (χ3n) is 2.75. The maximum absolute atomic E-state index is 2.41. The summed E-state index contributed by atoms with van der Waals surface area (Å²) in [7, 11) is 0. The van der Waals surface area contributed by atoms with Gasteiger partial charge in [0.1, 0.15) is 0 Å². The molecule has 0 aromatic carbocycles. The predicted molar refractivity (Wildman–Crippen MR) is 58.8 cm³/mol. The second kappa shape index (κ2) is 4.04. The van der Waals surface area contributed by atoms with Crippen molar-refractivity contribution in [3.05, 3.63) is 0 Å². The van der Waals surface area contributed by atoms with Crippen molar-refractivity contribution in [2.24, 2.45) is 5.41 Å². The van der Waals surface area contributed by atoms with E-state index in [0.717, 1.165) is 10.5 Å². The summed E-state index contributed by atoms with van der Waals surface area (Å²) >= 11 is 2.18. The second-order valence-electron chi connectivity index (χ2n) is 5.05. The summed E-state index contributed by atoms with van der Waals surface area (Å²) in [6, 6.07) is 0. The maximum Gasteiger partial charge on any atom is 0.00500 e. The summed E-state index contributed by atoms with van der Waals surface area (Å²) in [6.07, 6.45) is 5.74. The van der Waals surface area contributed by atoms with Gasteiger partial charge in [-0.25, -0.2) is 0 Å². The van der Waals surface area contributed by atoms with Crippen molar-refractivity contribution in [1.82, 2.24) is 0 Å². The van der Waals surface area contributed by atoms with Crippen LogP contribution in [-0.2, 0) is 0 Å². The Hall–Kier alpha value is 0.350. The molecule has 0 radical (unpaired) electrons. The fraction of sp³-hybridized carbons (Fsp3) is 1.00. The van der Waals surface area contributed by atoms with E-state index in [0.29, 0.717) is 5.41 Å². The largest absolute Gasteiger partial charge is 0.156 e. The zero-order valence-corrected chi connectivity index (χ0v) is 9.71. The molecule has 0 saturated heterocycles. The molecular formula is C11H22S. The molecule has 0 bridgehead atoms. The lowest BCUT2D eigenvalue weighted by atomic mass is 9.77. The Labute approximate surface area is 81.5 Å². The third-order valence-corrected chi connectivity index (χ3v) is 4.15. The van der Waals surface area contributed by atoms with E-state index < -0.39 is 0 Å². The number of hydrogen-bond donors (Lipinski definition) is 0. The van der Waals surface area contributed by atoms with Gasteiger partial charge < -0.3 is 0 Å². The van der Waals surface area contributed by atoms with Gasteiger partial charge in [0.2, 0.25) is 0 Å². The van der Waals surface area contributed by atoms with Gasteiger partial charge in [0.05, 0.1) is 0 Å². The van der Waals surface area contributed by atoms with Crippen LogP contribution in [0.15, 0.2) is 0 Å². The lowest BCUT2D eigenvalue weighted by molar-refractivity contribution is 0.249. The van der Waals surface area contributed by atoms with Crippen molar-refractivity contribution in [2.45, 2.75) is 63.9 Å². The summed E-state index contributed by atoms with van der Waals surface area (Å²) in [5.41, 5.74) is 0.633. The second-order valence-corrected chi connectivity index (χ2v) is 6.93. The van der Waals surface area contributed by atoms with Crippen LogP contribution in [0.1, 0.15) is 53.4 Å². The lowest BCUT2D eigenvalue weighted by Gasteiger charge is -2.34. The van der Waals surface area contributed by atoms with E-state index in [1.165, 1.54) is 25.7 Å². The maximum atomic E-state index is 2.41. The minimum atomic E-state index is 0.633. The smallest absolute Gasteiger partial charge is 0.00500 e. The van der Waals surface area contributed by atoms with E-state index in [1.807, 2.05) is 0 Å². The van der Waals surface area contributed by atoms with Crippen molar-refractivity contribution >= 4 is 11.8 Å². The molecule has 1 saturated carbocycles. The van der Waals surface area contributed by atoms with Crippen molar-refractivity contribution in [3.8, 4) is 0 Å². The summed E-state index contributed by atoms with van der Waals surface area (Å²) in [4.78, 5) is 0. The number of rotatable bonds is 2. The minimum absolute atomic E-state index is 0.633. The molecular weight excluding hydrogens is 164 g/mol. The molecule has 0 unspecified atom stereocenters. The molecule has 0 heterocycles. The van der Waals surface area contributed by atoms with E-state index >= 15 is 0 Å². The Morgan fingerprint density at radius 1 is 1.17 bits per heavy atom. The van der Waals surface area contributed by atoms with Crippen LogP contribution < -0.4 is 0 Å². The van der Waals surface area contributed by atoms with Gasteiger partial charge in [-0.15, -0.1) is 0 Å². The van der Waals surface area contributed by atoms with Crippen LogP contribution in [0, 0.1) is 5.41 Å². The van der Waals surface area contributed by atoms with Gasteiger partial charge >= 0.3 is 0 Å². The summed E-state index contributed by atoms with van der Waals surface area (Å²) < 4.78 is 0. The highest BCUT2D eigenvalue weighted by Crippen LogP contribution is 2.40. The van der Waals surface area contributed by atoms with Gasteiger partial charge in [0, 0.05) is 5.25 Å². The lowest BCUT2D eigenvalue weighted by Crippen LogP contribution is -2.23. The summed E-state index contributed by atoms with van der Waals surface area (Å²) in [6.45, 7) is 9.43. The molecule has 0 nitrogen and oxygen atoms in total. The predicted octanol–water partition coefficient (Wildman–Crippen LogP) is 4.10. The van der Waals surface area contributed by atoms with Crippen molar-refractivity contribution in [3.63, 3.8) is 0 Å². The van der Waals surface area contributed by atoms with E-state index in [4.69, 9.17) is 0 Å². The Kier molecular flexibility index (Phi) is 3.51. The van der Waals surface area contributed by atoms with Crippen LogP contribution in [0.5, 0.6) is 0 Å². The zero-order valence-electron chi connectivity index (χ0n) is 8.89. The first-order chi connectivity index (χ1) is 5.49.